The van der Waals surface area contributed by atoms with Gasteiger partial charge < -0.3 is 9.30 Å². The zero-order valence-electron chi connectivity index (χ0n) is 13.1. The minimum atomic E-state index is -0.808. The van der Waals surface area contributed by atoms with Crippen molar-refractivity contribution in [3.63, 3.8) is 0 Å². The topological polar surface area (TPSA) is 78.3 Å². The first kappa shape index (κ1) is 15.6. The van der Waals surface area contributed by atoms with Crippen LogP contribution in [0.25, 0.3) is 11.0 Å². The number of ketones is 1. The van der Waals surface area contributed by atoms with E-state index in [4.69, 9.17) is 0 Å². The smallest absolute Gasteiger partial charge is 0.362 e. The Kier molecular flexibility index (Phi) is 3.95. The summed E-state index contributed by atoms with van der Waals surface area (Å²) in [6.45, 7) is 0. The summed E-state index contributed by atoms with van der Waals surface area (Å²) in [6, 6.07) is 13.7. The average molecular weight is 322 g/mol. The molecule has 3 aromatic rings. The molecule has 6 nitrogen and oxygen atoms in total. The third-order valence-corrected chi connectivity index (χ3v) is 3.75. The Hall–Kier alpha value is -3.28. The molecule has 0 fully saturated rings. The number of ether oxygens (including phenoxy) is 1. The van der Waals surface area contributed by atoms with Crippen LogP contribution in [0.3, 0.4) is 0 Å². The molecular formula is C18H14N2O4. The molecule has 0 saturated heterocycles. The highest BCUT2D eigenvalue weighted by molar-refractivity contribution is 6.10. The van der Waals surface area contributed by atoms with Crippen LogP contribution in [-0.4, -0.2) is 28.4 Å². The van der Waals surface area contributed by atoms with E-state index in [1.54, 1.807) is 42.5 Å². The molecule has 0 saturated carbocycles. The summed E-state index contributed by atoms with van der Waals surface area (Å²) in [6.07, 6.45) is 0. The van der Waals surface area contributed by atoms with Gasteiger partial charge in [0, 0.05) is 18.2 Å². The first-order chi connectivity index (χ1) is 11.5. The lowest BCUT2D eigenvalue weighted by molar-refractivity contribution is 0.0591. The SMILES string of the molecule is COC(=O)c1nc2cc(C(=O)c3ccccc3)ccc2n(C)c1=O. The number of rotatable bonds is 3. The van der Waals surface area contributed by atoms with Gasteiger partial charge in [0.1, 0.15) is 0 Å². The highest BCUT2D eigenvalue weighted by atomic mass is 16.5. The van der Waals surface area contributed by atoms with Crippen LogP contribution in [-0.2, 0) is 11.8 Å². The molecule has 0 N–H and O–H groups in total. The van der Waals surface area contributed by atoms with Crippen LogP contribution in [0.4, 0.5) is 0 Å². The molecule has 0 aliphatic rings. The Balaban J connectivity index is 2.17. The summed E-state index contributed by atoms with van der Waals surface area (Å²) in [7, 11) is 2.72. The van der Waals surface area contributed by atoms with Crippen molar-refractivity contribution in [2.45, 2.75) is 0 Å². The Morgan fingerprint density at radius 1 is 1.04 bits per heavy atom. The number of fused-ring (bicyclic) bond motifs is 1. The number of hydrogen-bond acceptors (Lipinski definition) is 5. The van der Waals surface area contributed by atoms with Crippen molar-refractivity contribution in [3.8, 4) is 0 Å². The molecule has 0 radical (unpaired) electrons. The Morgan fingerprint density at radius 3 is 2.42 bits per heavy atom. The van der Waals surface area contributed by atoms with E-state index in [0.717, 1.165) is 0 Å². The predicted molar refractivity (Wildman–Crippen MR) is 88.2 cm³/mol. The van der Waals surface area contributed by atoms with Crippen molar-refractivity contribution in [1.82, 2.24) is 9.55 Å². The molecule has 2 aromatic carbocycles. The first-order valence-corrected chi connectivity index (χ1v) is 7.22. The number of methoxy groups -OCH3 is 1. The fourth-order valence-corrected chi connectivity index (χ4v) is 2.46. The molecule has 0 unspecified atom stereocenters. The van der Waals surface area contributed by atoms with Crippen molar-refractivity contribution in [2.75, 3.05) is 7.11 Å². The van der Waals surface area contributed by atoms with E-state index >= 15 is 0 Å². The molecule has 0 aliphatic heterocycles. The second-order valence-corrected chi connectivity index (χ2v) is 5.21. The number of benzene rings is 2. The lowest BCUT2D eigenvalue weighted by atomic mass is 10.0. The number of nitrogens with zero attached hydrogens (tertiary/aromatic N) is 2. The van der Waals surface area contributed by atoms with Gasteiger partial charge in [0.25, 0.3) is 5.56 Å². The number of carbonyl (C=O) groups is 2. The lowest BCUT2D eigenvalue weighted by Crippen LogP contribution is -2.27. The van der Waals surface area contributed by atoms with Gasteiger partial charge in [0.2, 0.25) is 5.69 Å². The largest absolute Gasteiger partial charge is 0.464 e. The minimum Gasteiger partial charge on any atom is -0.464 e. The van der Waals surface area contributed by atoms with Crippen molar-refractivity contribution >= 4 is 22.8 Å². The molecular weight excluding hydrogens is 308 g/mol. The van der Waals surface area contributed by atoms with Gasteiger partial charge in [-0.2, -0.15) is 0 Å². The van der Waals surface area contributed by atoms with Crippen molar-refractivity contribution < 1.29 is 14.3 Å². The van der Waals surface area contributed by atoms with Gasteiger partial charge in [-0.05, 0) is 18.2 Å². The van der Waals surface area contributed by atoms with Crippen LogP contribution in [0.5, 0.6) is 0 Å². The van der Waals surface area contributed by atoms with Crippen LogP contribution < -0.4 is 5.56 Å². The molecule has 3 rings (SSSR count). The van der Waals surface area contributed by atoms with Crippen LogP contribution in [0.1, 0.15) is 26.4 Å². The van der Waals surface area contributed by atoms with Gasteiger partial charge >= 0.3 is 5.97 Å². The third kappa shape index (κ3) is 2.58. The second-order valence-electron chi connectivity index (χ2n) is 5.21. The van der Waals surface area contributed by atoms with E-state index < -0.39 is 11.5 Å². The van der Waals surface area contributed by atoms with Gasteiger partial charge in [-0.3, -0.25) is 9.59 Å². The fourth-order valence-electron chi connectivity index (χ4n) is 2.46. The molecule has 0 atom stereocenters. The van der Waals surface area contributed by atoms with Gasteiger partial charge in [0.15, 0.2) is 5.78 Å². The molecule has 1 aromatic heterocycles. The Morgan fingerprint density at radius 2 is 1.75 bits per heavy atom. The minimum absolute atomic E-state index is 0.159. The first-order valence-electron chi connectivity index (χ1n) is 7.22. The highest BCUT2D eigenvalue weighted by Gasteiger charge is 2.18. The van der Waals surface area contributed by atoms with Gasteiger partial charge in [-0.25, -0.2) is 9.78 Å². The number of aryl methyl sites for hydroxylation is 1. The van der Waals surface area contributed by atoms with E-state index in [2.05, 4.69) is 9.72 Å². The van der Waals surface area contributed by atoms with Crippen LogP contribution >= 0.6 is 0 Å². The number of esters is 1. The molecule has 0 aliphatic carbocycles. The van der Waals surface area contributed by atoms with Gasteiger partial charge in [-0.1, -0.05) is 30.3 Å². The van der Waals surface area contributed by atoms with Gasteiger partial charge in [0.05, 0.1) is 18.1 Å². The summed E-state index contributed by atoms with van der Waals surface area (Å²) < 4.78 is 5.90. The summed E-state index contributed by atoms with van der Waals surface area (Å²) in [4.78, 5) is 40.5. The maximum atomic E-state index is 12.5. The lowest BCUT2D eigenvalue weighted by Gasteiger charge is -2.08. The summed E-state index contributed by atoms with van der Waals surface area (Å²) in [5.74, 6) is -0.968. The normalized spacial score (nSPS) is 10.6. The summed E-state index contributed by atoms with van der Waals surface area (Å²) >= 11 is 0. The average Bonchev–Trinajstić information content (AvgIpc) is 2.63. The van der Waals surface area contributed by atoms with Crippen LogP contribution in [0.2, 0.25) is 0 Å². The molecule has 24 heavy (non-hydrogen) atoms. The number of hydrogen-bond donors (Lipinski definition) is 0. The summed E-state index contributed by atoms with van der Waals surface area (Å²) in [5, 5.41) is 0. The number of aromatic nitrogens is 2. The zero-order valence-corrected chi connectivity index (χ0v) is 13.1. The molecule has 6 heteroatoms. The predicted octanol–water partition coefficient (Wildman–Crippen LogP) is 1.95. The Labute approximate surface area is 137 Å². The zero-order chi connectivity index (χ0) is 17.3. The highest BCUT2D eigenvalue weighted by Crippen LogP contribution is 2.16. The van der Waals surface area contributed by atoms with E-state index in [-0.39, 0.29) is 11.5 Å². The van der Waals surface area contributed by atoms with E-state index in [9.17, 15) is 14.4 Å². The molecule has 0 bridgehead atoms. The van der Waals surface area contributed by atoms with E-state index in [1.807, 2.05) is 6.07 Å². The van der Waals surface area contributed by atoms with Gasteiger partial charge in [-0.15, -0.1) is 0 Å². The Bertz CT molecular complexity index is 1010. The number of carbonyl (C=O) groups excluding carboxylic acids is 2. The monoisotopic (exact) mass is 322 g/mol. The van der Waals surface area contributed by atoms with E-state index in [1.165, 1.54) is 18.7 Å². The maximum Gasteiger partial charge on any atom is 0.362 e. The molecule has 120 valence electrons. The molecule has 1 heterocycles. The molecule has 0 spiro atoms. The maximum absolute atomic E-state index is 12.5. The van der Waals surface area contributed by atoms with E-state index in [0.29, 0.717) is 22.2 Å². The quantitative estimate of drug-likeness (QED) is 0.544. The standard InChI is InChI=1S/C18H14N2O4/c1-20-14-9-8-12(16(21)11-6-4-3-5-7-11)10-13(14)19-15(17(20)22)18(23)24-2/h3-10H,1-2H3. The van der Waals surface area contributed by atoms with Crippen LogP contribution in [0, 0.1) is 0 Å². The fraction of sp³-hybridized carbons (Fsp3) is 0.111. The summed E-state index contributed by atoms with van der Waals surface area (Å²) in [5.41, 5.74) is 1.02. The van der Waals surface area contributed by atoms with Crippen LogP contribution in [0.15, 0.2) is 53.3 Å². The van der Waals surface area contributed by atoms with Crippen molar-refractivity contribution in [3.05, 3.63) is 75.7 Å². The van der Waals surface area contributed by atoms with Crippen molar-refractivity contribution in [1.29, 1.82) is 0 Å². The molecule has 0 amide bonds. The second kappa shape index (κ2) is 6.08. The van der Waals surface area contributed by atoms with Crippen molar-refractivity contribution in [2.24, 2.45) is 7.05 Å². The third-order valence-electron chi connectivity index (χ3n) is 3.75.